The molecule has 0 aliphatic carbocycles. The van der Waals surface area contributed by atoms with Gasteiger partial charge in [-0.2, -0.15) is 0 Å². The lowest BCUT2D eigenvalue weighted by atomic mass is 9.75. The van der Waals surface area contributed by atoms with Crippen molar-refractivity contribution in [3.63, 3.8) is 0 Å². The fraction of sp³-hybridized carbons (Fsp3) is 0.462. The van der Waals surface area contributed by atoms with Crippen LogP contribution in [0.1, 0.15) is 23.6 Å². The number of phenolic OH excluding ortho intramolecular Hbond substituents is 1. The van der Waals surface area contributed by atoms with E-state index in [2.05, 4.69) is 4.90 Å². The molecule has 2 aromatic rings. The van der Waals surface area contributed by atoms with Crippen LogP contribution in [0, 0.1) is 11.3 Å². The number of urea groups is 1. The van der Waals surface area contributed by atoms with Gasteiger partial charge >= 0.3 is 6.03 Å². The highest BCUT2D eigenvalue weighted by molar-refractivity contribution is 6.19. The molecular weight excluding hydrogens is 464 g/mol. The SMILES string of the molecule is COc1cc(CC2(CN3C[C@@H]4C[C@H](C3)c3cccc(=O)n3C4)C(=O)N(C)C(=O)N(C)C2=O)ccc1O. The Morgan fingerprint density at radius 3 is 2.42 bits per heavy atom. The molecule has 1 aromatic heterocycles. The van der Waals surface area contributed by atoms with E-state index in [1.807, 2.05) is 10.6 Å². The maximum atomic E-state index is 13.7. The van der Waals surface area contributed by atoms with Crippen molar-refractivity contribution in [2.45, 2.75) is 25.3 Å². The van der Waals surface area contributed by atoms with Crippen LogP contribution in [0.25, 0.3) is 0 Å². The third-order valence-corrected chi connectivity index (χ3v) is 7.80. The number of pyridine rings is 1. The predicted molar refractivity (Wildman–Crippen MR) is 130 cm³/mol. The molecule has 0 unspecified atom stereocenters. The number of fused-ring (bicyclic) bond motifs is 4. The van der Waals surface area contributed by atoms with E-state index in [-0.39, 0.29) is 41.9 Å². The summed E-state index contributed by atoms with van der Waals surface area (Å²) in [6.07, 6.45) is 0.993. The van der Waals surface area contributed by atoms with Crippen molar-refractivity contribution in [3.8, 4) is 11.5 Å². The second-order valence-corrected chi connectivity index (χ2v) is 10.2. The van der Waals surface area contributed by atoms with Gasteiger partial charge in [0.25, 0.3) is 5.56 Å². The van der Waals surface area contributed by atoms with Gasteiger partial charge in [-0.1, -0.05) is 12.1 Å². The first-order chi connectivity index (χ1) is 17.1. The zero-order valence-electron chi connectivity index (χ0n) is 20.6. The number of hydrogen-bond acceptors (Lipinski definition) is 7. The number of phenols is 1. The molecule has 36 heavy (non-hydrogen) atoms. The number of methoxy groups -OCH3 is 1. The number of barbiturate groups is 1. The molecule has 0 spiro atoms. The van der Waals surface area contributed by atoms with Crippen LogP contribution in [0.4, 0.5) is 4.79 Å². The molecule has 1 aromatic carbocycles. The van der Waals surface area contributed by atoms with Crippen molar-refractivity contribution in [3.05, 3.63) is 58.0 Å². The zero-order valence-corrected chi connectivity index (χ0v) is 20.6. The summed E-state index contributed by atoms with van der Waals surface area (Å²) < 4.78 is 7.07. The van der Waals surface area contributed by atoms with Crippen molar-refractivity contribution in [1.82, 2.24) is 19.3 Å². The van der Waals surface area contributed by atoms with E-state index in [4.69, 9.17) is 4.74 Å². The molecule has 10 heteroatoms. The van der Waals surface area contributed by atoms with Crippen LogP contribution in [0.5, 0.6) is 11.5 Å². The number of nitrogens with zero attached hydrogens (tertiary/aromatic N) is 4. The fourth-order valence-corrected chi connectivity index (χ4v) is 6.16. The van der Waals surface area contributed by atoms with Gasteiger partial charge in [-0.25, -0.2) is 4.79 Å². The van der Waals surface area contributed by atoms with Crippen molar-refractivity contribution in [2.24, 2.45) is 11.3 Å². The molecule has 2 atom stereocenters. The molecule has 3 aliphatic rings. The average molecular weight is 495 g/mol. The first kappa shape index (κ1) is 24.1. The highest BCUT2D eigenvalue weighted by atomic mass is 16.5. The highest BCUT2D eigenvalue weighted by Gasteiger charge is 2.56. The number of aromatic nitrogens is 1. The quantitative estimate of drug-likeness (QED) is 0.623. The highest BCUT2D eigenvalue weighted by Crippen LogP contribution is 2.40. The number of benzene rings is 1. The van der Waals surface area contributed by atoms with Crippen LogP contribution in [0.15, 0.2) is 41.2 Å². The summed E-state index contributed by atoms with van der Waals surface area (Å²) >= 11 is 0. The van der Waals surface area contributed by atoms with Crippen molar-refractivity contribution < 1.29 is 24.2 Å². The number of ether oxygens (including phenoxy) is 1. The number of likely N-dealkylation sites (tertiary alicyclic amines) is 1. The van der Waals surface area contributed by atoms with Crippen LogP contribution in [-0.4, -0.2) is 83.1 Å². The largest absolute Gasteiger partial charge is 0.504 e. The van der Waals surface area contributed by atoms with Crippen LogP contribution in [-0.2, 0) is 22.6 Å². The topological polar surface area (TPSA) is 112 Å². The van der Waals surface area contributed by atoms with E-state index >= 15 is 0 Å². The summed E-state index contributed by atoms with van der Waals surface area (Å²) in [6.45, 7) is 1.98. The second-order valence-electron chi connectivity index (χ2n) is 10.2. The first-order valence-corrected chi connectivity index (χ1v) is 12.0. The standard InChI is InChI=1S/C26H30N4O6/c1-27-23(33)26(24(34)28(2)25(27)35,11-16-7-8-20(31)21(10-16)36-3)15-29-12-17-9-18(14-29)19-5-4-6-22(32)30(19)13-17/h4-8,10,17-18,31H,9,11-15H2,1-3H3/t17-,18+/m0/s1. The number of hydrogen-bond donors (Lipinski definition) is 1. The molecule has 0 radical (unpaired) electrons. The minimum absolute atomic E-state index is 0.00667. The molecule has 10 nitrogen and oxygen atoms in total. The molecule has 3 aliphatic heterocycles. The molecule has 4 heterocycles. The molecular formula is C26H30N4O6. The van der Waals surface area contributed by atoms with Crippen molar-refractivity contribution >= 4 is 17.8 Å². The number of rotatable bonds is 5. The fourth-order valence-electron chi connectivity index (χ4n) is 6.16. The Kier molecular flexibility index (Phi) is 5.86. The Labute approximate surface area is 208 Å². The Balaban J connectivity index is 1.51. The number of imide groups is 2. The van der Waals surface area contributed by atoms with E-state index in [0.29, 0.717) is 25.2 Å². The van der Waals surface area contributed by atoms with E-state index in [1.165, 1.54) is 27.3 Å². The Hall–Kier alpha value is -3.66. The number of carbonyl (C=O) groups is 3. The van der Waals surface area contributed by atoms with Gasteiger partial charge in [-0.05, 0) is 42.5 Å². The van der Waals surface area contributed by atoms with Gasteiger partial charge in [0.15, 0.2) is 11.5 Å². The molecule has 0 saturated carbocycles. The molecule has 2 fully saturated rings. The van der Waals surface area contributed by atoms with Crippen LogP contribution >= 0.6 is 0 Å². The lowest BCUT2D eigenvalue weighted by Crippen LogP contribution is -2.67. The van der Waals surface area contributed by atoms with Crippen LogP contribution < -0.4 is 10.3 Å². The average Bonchev–Trinajstić information content (AvgIpc) is 2.87. The van der Waals surface area contributed by atoms with Crippen molar-refractivity contribution in [2.75, 3.05) is 40.8 Å². The lowest BCUT2D eigenvalue weighted by Gasteiger charge is -2.48. The predicted octanol–water partition coefficient (Wildman–Crippen LogP) is 1.26. The van der Waals surface area contributed by atoms with Gasteiger partial charge in [0, 0.05) is 58.0 Å². The Bertz CT molecular complexity index is 1280. The monoisotopic (exact) mass is 494 g/mol. The van der Waals surface area contributed by atoms with E-state index in [0.717, 1.165) is 21.9 Å². The van der Waals surface area contributed by atoms with Crippen LogP contribution in [0.3, 0.4) is 0 Å². The van der Waals surface area contributed by atoms with Crippen LogP contribution in [0.2, 0.25) is 0 Å². The number of amides is 4. The van der Waals surface area contributed by atoms with Gasteiger partial charge in [0.05, 0.1) is 7.11 Å². The molecule has 2 saturated heterocycles. The minimum Gasteiger partial charge on any atom is -0.504 e. The zero-order chi connectivity index (χ0) is 25.8. The van der Waals surface area contributed by atoms with Gasteiger partial charge in [0.1, 0.15) is 5.41 Å². The maximum absolute atomic E-state index is 13.7. The molecule has 1 N–H and O–H groups in total. The minimum atomic E-state index is -1.53. The third kappa shape index (κ3) is 3.76. The summed E-state index contributed by atoms with van der Waals surface area (Å²) in [5.74, 6) is -0.564. The van der Waals surface area contributed by atoms with Gasteiger partial charge < -0.3 is 19.3 Å². The first-order valence-electron chi connectivity index (χ1n) is 12.0. The Morgan fingerprint density at radius 2 is 1.72 bits per heavy atom. The smallest absolute Gasteiger partial charge is 0.332 e. The Morgan fingerprint density at radius 1 is 1.00 bits per heavy atom. The number of piperidine rings is 1. The summed E-state index contributed by atoms with van der Waals surface area (Å²) in [7, 11) is 4.22. The van der Waals surface area contributed by atoms with Crippen molar-refractivity contribution in [1.29, 1.82) is 0 Å². The summed E-state index contributed by atoms with van der Waals surface area (Å²) in [5, 5.41) is 10.0. The van der Waals surface area contributed by atoms with E-state index in [9.17, 15) is 24.3 Å². The number of carbonyl (C=O) groups excluding carboxylic acids is 3. The summed E-state index contributed by atoms with van der Waals surface area (Å²) in [5.41, 5.74) is 0.0809. The summed E-state index contributed by atoms with van der Waals surface area (Å²) in [6, 6.07) is 9.40. The van der Waals surface area contributed by atoms with Gasteiger partial charge in [-0.15, -0.1) is 0 Å². The number of aromatic hydroxyl groups is 1. The molecule has 4 amide bonds. The van der Waals surface area contributed by atoms with Gasteiger partial charge in [0.2, 0.25) is 11.8 Å². The normalized spacial score (nSPS) is 23.6. The molecule has 190 valence electrons. The second kappa shape index (κ2) is 8.77. The van der Waals surface area contributed by atoms with E-state index < -0.39 is 23.3 Å². The van der Waals surface area contributed by atoms with Gasteiger partial charge in [-0.3, -0.25) is 24.2 Å². The maximum Gasteiger partial charge on any atom is 0.332 e. The molecule has 2 bridgehead atoms. The lowest BCUT2D eigenvalue weighted by molar-refractivity contribution is -0.159. The third-order valence-electron chi connectivity index (χ3n) is 7.80. The summed E-state index contributed by atoms with van der Waals surface area (Å²) in [4.78, 5) is 56.5. The van der Waals surface area contributed by atoms with E-state index in [1.54, 1.807) is 24.3 Å². The molecule has 5 rings (SSSR count).